The molecule has 7 nitrogen and oxygen atoms in total. The molecule has 0 saturated heterocycles. The minimum absolute atomic E-state index is 0.306. The highest BCUT2D eigenvalue weighted by Crippen LogP contribution is 2.27. The zero-order valence-corrected chi connectivity index (χ0v) is 22.2. The third kappa shape index (κ3) is 7.11. The molecule has 0 aliphatic carbocycles. The molecule has 4 rings (SSSR count). The van der Waals surface area contributed by atoms with Gasteiger partial charge in [-0.05, 0) is 85.4 Å². The Hall–Kier alpha value is -3.90. The van der Waals surface area contributed by atoms with Crippen LogP contribution in [0.1, 0.15) is 16.7 Å². The molecule has 0 aliphatic heterocycles. The molecule has 0 bridgehead atoms. The van der Waals surface area contributed by atoms with Gasteiger partial charge in [0.15, 0.2) is 10.9 Å². The van der Waals surface area contributed by atoms with Crippen molar-refractivity contribution in [2.45, 2.75) is 25.1 Å². The normalized spacial score (nSPS) is 11.5. The van der Waals surface area contributed by atoms with Gasteiger partial charge >= 0.3 is 6.36 Å². The topological polar surface area (TPSA) is 76.4 Å². The van der Waals surface area contributed by atoms with E-state index in [0.29, 0.717) is 16.6 Å². The molecule has 0 radical (unpaired) electrons. The Morgan fingerprint density at radius 1 is 1.05 bits per heavy atom. The van der Waals surface area contributed by atoms with Crippen LogP contribution in [-0.4, -0.2) is 38.7 Å². The number of aryl methyl sites for hydroxylation is 2. The predicted molar refractivity (Wildman–Crippen MR) is 148 cm³/mol. The summed E-state index contributed by atoms with van der Waals surface area (Å²) in [6.45, 7) is 4.06. The molecule has 0 saturated carbocycles. The monoisotopic (exact) mass is 556 g/mol. The molecule has 12 heteroatoms. The summed E-state index contributed by atoms with van der Waals surface area (Å²) in [6, 6.07) is 17.0. The molecule has 196 valence electrons. The quantitative estimate of drug-likeness (QED) is 0.117. The molecule has 4 aromatic rings. The number of hydrogen-bond donors (Lipinski definition) is 2. The van der Waals surface area contributed by atoms with Gasteiger partial charge in [0.1, 0.15) is 12.1 Å². The molecule has 0 atom stereocenters. The molecule has 1 aromatic heterocycles. The predicted octanol–water partition coefficient (Wildman–Crippen LogP) is 6.49. The number of halogens is 3. The van der Waals surface area contributed by atoms with E-state index in [4.69, 9.17) is 12.2 Å². The van der Waals surface area contributed by atoms with E-state index in [2.05, 4.69) is 42.8 Å². The lowest BCUT2D eigenvalue weighted by Gasteiger charge is -2.14. The number of hydrazone groups is 1. The number of nitrogens with zero attached hydrogens (tertiary/aromatic N) is 4. The number of nitrogens with one attached hydrogen (secondary N) is 2. The third-order valence-corrected chi connectivity index (χ3v) is 6.26. The fraction of sp³-hybridized carbons (Fsp3) is 0.154. The van der Waals surface area contributed by atoms with E-state index in [0.717, 1.165) is 27.9 Å². The number of thiocarbonyl (C=S) groups is 1. The Morgan fingerprint density at radius 2 is 1.71 bits per heavy atom. The maximum atomic E-state index is 12.3. The molecule has 0 aliphatic rings. The summed E-state index contributed by atoms with van der Waals surface area (Å²) < 4.78 is 42.4. The molecule has 3 aromatic carbocycles. The molecule has 1 heterocycles. The van der Waals surface area contributed by atoms with Crippen LogP contribution in [0.2, 0.25) is 0 Å². The van der Waals surface area contributed by atoms with Crippen molar-refractivity contribution in [3.8, 4) is 22.8 Å². The van der Waals surface area contributed by atoms with Crippen molar-refractivity contribution in [1.29, 1.82) is 0 Å². The second-order valence-electron chi connectivity index (χ2n) is 8.14. The van der Waals surface area contributed by atoms with Crippen molar-refractivity contribution in [3.63, 3.8) is 0 Å². The molecule has 0 fully saturated rings. The summed E-state index contributed by atoms with van der Waals surface area (Å²) in [5.41, 5.74) is 8.13. The molecular weight excluding hydrogens is 533 g/mol. The Bertz CT molecular complexity index is 1430. The van der Waals surface area contributed by atoms with Crippen LogP contribution in [0.4, 0.5) is 18.9 Å². The van der Waals surface area contributed by atoms with Crippen molar-refractivity contribution >= 4 is 41.0 Å². The Morgan fingerprint density at radius 3 is 2.32 bits per heavy atom. The molecule has 2 N–H and O–H groups in total. The van der Waals surface area contributed by atoms with Gasteiger partial charge in [-0.3, -0.25) is 5.43 Å². The number of alkyl halides is 3. The first-order valence-electron chi connectivity index (χ1n) is 11.2. The SMILES string of the molecule is CSc1cc(C)c(NC(=S)NN=Cc2ccc(-c3ncn(-c4ccc(OC(F)(F)F)cc4)n3)cc2)c(C)c1. The standard InChI is InChI=1S/C26H23F3N6OS2/c1-16-12-22(38-3)13-17(2)23(16)32-25(37)33-31-14-18-4-6-19(7-5-18)24-30-15-35(34-24)20-8-10-21(11-9-20)36-26(27,28)29/h4-15H,1-3H3,(H2,32,33,37). The van der Waals surface area contributed by atoms with Crippen LogP contribution < -0.4 is 15.5 Å². The van der Waals surface area contributed by atoms with Gasteiger partial charge in [-0.2, -0.15) is 5.10 Å². The minimum Gasteiger partial charge on any atom is -0.406 e. The van der Waals surface area contributed by atoms with Gasteiger partial charge in [0, 0.05) is 16.1 Å². The maximum Gasteiger partial charge on any atom is 0.573 e. The Balaban J connectivity index is 1.35. The first kappa shape index (κ1) is 27.1. The van der Waals surface area contributed by atoms with E-state index < -0.39 is 6.36 Å². The van der Waals surface area contributed by atoms with E-state index in [1.165, 1.54) is 40.2 Å². The number of benzene rings is 3. The zero-order valence-electron chi connectivity index (χ0n) is 20.6. The highest BCUT2D eigenvalue weighted by atomic mass is 32.2. The smallest absolute Gasteiger partial charge is 0.406 e. The molecule has 0 amide bonds. The van der Waals surface area contributed by atoms with Crippen LogP contribution in [0.15, 0.2) is 77.0 Å². The number of ether oxygens (including phenoxy) is 1. The van der Waals surface area contributed by atoms with Gasteiger partial charge in [0.05, 0.1) is 11.9 Å². The van der Waals surface area contributed by atoms with E-state index in [1.807, 2.05) is 44.4 Å². The van der Waals surface area contributed by atoms with Crippen LogP contribution in [0.3, 0.4) is 0 Å². The largest absolute Gasteiger partial charge is 0.573 e. The molecular formula is C26H23F3N6OS2. The third-order valence-electron chi connectivity index (χ3n) is 5.36. The van der Waals surface area contributed by atoms with Crippen LogP contribution in [-0.2, 0) is 0 Å². The summed E-state index contributed by atoms with van der Waals surface area (Å²) in [4.78, 5) is 5.49. The van der Waals surface area contributed by atoms with E-state index >= 15 is 0 Å². The van der Waals surface area contributed by atoms with Crippen LogP contribution in [0.25, 0.3) is 17.1 Å². The number of rotatable bonds is 7. The van der Waals surface area contributed by atoms with Gasteiger partial charge < -0.3 is 10.1 Å². The van der Waals surface area contributed by atoms with Gasteiger partial charge in [-0.15, -0.1) is 30.0 Å². The zero-order chi connectivity index (χ0) is 27.3. The lowest BCUT2D eigenvalue weighted by atomic mass is 10.1. The molecule has 38 heavy (non-hydrogen) atoms. The Labute approximate surface area is 227 Å². The number of thioether (sulfide) groups is 1. The van der Waals surface area contributed by atoms with Gasteiger partial charge in [-0.25, -0.2) is 9.67 Å². The van der Waals surface area contributed by atoms with E-state index in [9.17, 15) is 13.2 Å². The number of hydrogen-bond acceptors (Lipinski definition) is 6. The molecule has 0 spiro atoms. The average molecular weight is 557 g/mol. The summed E-state index contributed by atoms with van der Waals surface area (Å²) in [6.07, 6.45) is 0.433. The summed E-state index contributed by atoms with van der Waals surface area (Å²) in [5, 5.41) is 12.2. The summed E-state index contributed by atoms with van der Waals surface area (Å²) in [7, 11) is 0. The van der Waals surface area contributed by atoms with Crippen LogP contribution in [0, 0.1) is 13.8 Å². The number of aromatic nitrogens is 3. The second-order valence-corrected chi connectivity index (χ2v) is 9.42. The first-order chi connectivity index (χ1) is 18.1. The Kier molecular flexibility index (Phi) is 8.32. The van der Waals surface area contributed by atoms with E-state index in [1.54, 1.807) is 18.0 Å². The van der Waals surface area contributed by atoms with Gasteiger partial charge in [0.2, 0.25) is 0 Å². The number of anilines is 1. The second kappa shape index (κ2) is 11.7. The van der Waals surface area contributed by atoms with Gasteiger partial charge in [-0.1, -0.05) is 24.3 Å². The van der Waals surface area contributed by atoms with Crippen LogP contribution in [0.5, 0.6) is 5.75 Å². The van der Waals surface area contributed by atoms with Gasteiger partial charge in [0.25, 0.3) is 0 Å². The first-order valence-corrected chi connectivity index (χ1v) is 12.9. The van der Waals surface area contributed by atoms with Crippen molar-refractivity contribution in [2.24, 2.45) is 5.10 Å². The minimum atomic E-state index is -4.74. The van der Waals surface area contributed by atoms with E-state index in [-0.39, 0.29) is 5.75 Å². The van der Waals surface area contributed by atoms with Crippen molar-refractivity contribution in [2.75, 3.05) is 11.6 Å². The van der Waals surface area contributed by atoms with Crippen LogP contribution >= 0.6 is 24.0 Å². The average Bonchev–Trinajstić information content (AvgIpc) is 3.36. The van der Waals surface area contributed by atoms with Crippen molar-refractivity contribution in [3.05, 3.63) is 83.7 Å². The fourth-order valence-corrected chi connectivity index (χ4v) is 4.33. The highest BCUT2D eigenvalue weighted by molar-refractivity contribution is 7.98. The van der Waals surface area contributed by atoms with Crippen molar-refractivity contribution in [1.82, 2.24) is 20.2 Å². The maximum absolute atomic E-state index is 12.3. The van der Waals surface area contributed by atoms with Crippen molar-refractivity contribution < 1.29 is 17.9 Å². The highest BCUT2D eigenvalue weighted by Gasteiger charge is 2.31. The lowest BCUT2D eigenvalue weighted by molar-refractivity contribution is -0.274. The fourth-order valence-electron chi connectivity index (χ4n) is 3.58. The lowest BCUT2D eigenvalue weighted by Crippen LogP contribution is -2.24. The summed E-state index contributed by atoms with van der Waals surface area (Å²) >= 11 is 7.07. The summed E-state index contributed by atoms with van der Waals surface area (Å²) in [5.74, 6) is 0.158. The molecule has 0 unspecified atom stereocenters.